The molecule has 0 aliphatic rings. The molecule has 0 bridgehead atoms. The number of hydrogen-bond acceptors (Lipinski definition) is 7. The lowest BCUT2D eigenvalue weighted by atomic mass is 10.2. The van der Waals surface area contributed by atoms with Gasteiger partial charge in [-0.05, 0) is 24.3 Å². The van der Waals surface area contributed by atoms with Crippen LogP contribution in [0.1, 0.15) is 18.0 Å². The fourth-order valence-corrected chi connectivity index (χ4v) is 2.20. The fourth-order valence-electron chi connectivity index (χ4n) is 2.20. The second-order valence-corrected chi connectivity index (χ2v) is 5.03. The van der Waals surface area contributed by atoms with Gasteiger partial charge in [0.05, 0.1) is 11.3 Å². The van der Waals surface area contributed by atoms with E-state index in [1.54, 1.807) is 30.3 Å². The first kappa shape index (κ1) is 15.2. The summed E-state index contributed by atoms with van der Waals surface area (Å²) < 4.78 is 40.7. The number of aromatic nitrogens is 4. The molecule has 0 aliphatic carbocycles. The molecule has 0 N–H and O–H groups in total. The Balaban J connectivity index is 1.48. The highest BCUT2D eigenvalue weighted by Crippen LogP contribution is 2.25. The van der Waals surface area contributed by atoms with Crippen molar-refractivity contribution in [1.82, 2.24) is 20.2 Å². The Morgan fingerprint density at radius 2 is 2.00 bits per heavy atom. The van der Waals surface area contributed by atoms with E-state index >= 15 is 0 Å². The van der Waals surface area contributed by atoms with Gasteiger partial charge < -0.3 is 13.6 Å². The number of alkyl halides is 2. The predicted octanol–water partition coefficient (Wildman–Crippen LogP) is 3.79. The molecule has 4 aromatic rings. The van der Waals surface area contributed by atoms with Gasteiger partial charge in [0.25, 0.3) is 5.89 Å². The number of fused-ring (bicyclic) bond motifs is 1. The molecule has 0 fully saturated rings. The van der Waals surface area contributed by atoms with Gasteiger partial charge in [-0.1, -0.05) is 6.07 Å². The minimum atomic E-state index is -2.80. The maximum Gasteiger partial charge on any atom is 0.314 e. The summed E-state index contributed by atoms with van der Waals surface area (Å²) in [6, 6.07) is 8.70. The van der Waals surface area contributed by atoms with Crippen molar-refractivity contribution in [3.63, 3.8) is 0 Å². The Morgan fingerprint density at radius 1 is 1.08 bits per heavy atom. The summed E-state index contributed by atoms with van der Waals surface area (Å²) in [5.74, 6) is -0.152. The zero-order valence-corrected chi connectivity index (χ0v) is 12.6. The van der Waals surface area contributed by atoms with Crippen LogP contribution in [0.4, 0.5) is 8.78 Å². The quantitative estimate of drug-likeness (QED) is 0.544. The number of benzene rings is 1. The van der Waals surface area contributed by atoms with Crippen molar-refractivity contribution in [3.8, 4) is 17.2 Å². The van der Waals surface area contributed by atoms with Gasteiger partial charge in [0.1, 0.15) is 12.4 Å². The number of pyridine rings is 1. The molecule has 1 aromatic carbocycles. The van der Waals surface area contributed by atoms with Crippen molar-refractivity contribution in [1.29, 1.82) is 0 Å². The number of ether oxygens (including phenoxy) is 1. The highest BCUT2D eigenvalue weighted by Gasteiger charge is 2.17. The van der Waals surface area contributed by atoms with Crippen molar-refractivity contribution in [2.45, 2.75) is 13.0 Å². The summed E-state index contributed by atoms with van der Waals surface area (Å²) in [5.41, 5.74) is 2.34. The lowest BCUT2D eigenvalue weighted by Gasteiger charge is -2.06. The Morgan fingerprint density at radius 3 is 2.76 bits per heavy atom. The molecular formula is C16H10F2N4O3. The van der Waals surface area contributed by atoms with Crippen LogP contribution in [0.25, 0.3) is 22.6 Å². The molecular weight excluding hydrogens is 334 g/mol. The van der Waals surface area contributed by atoms with E-state index in [9.17, 15) is 8.78 Å². The van der Waals surface area contributed by atoms with Gasteiger partial charge in [0.2, 0.25) is 5.89 Å². The average Bonchev–Trinajstić information content (AvgIpc) is 3.30. The first-order valence-electron chi connectivity index (χ1n) is 7.22. The van der Waals surface area contributed by atoms with Crippen LogP contribution in [0.15, 0.2) is 51.8 Å². The molecule has 9 heteroatoms. The van der Waals surface area contributed by atoms with E-state index in [-0.39, 0.29) is 12.5 Å². The lowest BCUT2D eigenvalue weighted by Crippen LogP contribution is -1.98. The zero-order chi connectivity index (χ0) is 17.2. The minimum absolute atomic E-state index is 0.0115. The second-order valence-electron chi connectivity index (χ2n) is 5.03. The predicted molar refractivity (Wildman–Crippen MR) is 80.8 cm³/mol. The van der Waals surface area contributed by atoms with Crippen LogP contribution < -0.4 is 4.74 Å². The molecule has 7 nitrogen and oxygen atoms in total. The van der Waals surface area contributed by atoms with Gasteiger partial charge in [0, 0.05) is 6.20 Å². The van der Waals surface area contributed by atoms with E-state index < -0.39 is 12.3 Å². The van der Waals surface area contributed by atoms with Gasteiger partial charge >= 0.3 is 6.43 Å². The first-order chi connectivity index (χ1) is 12.2. The highest BCUT2D eigenvalue weighted by atomic mass is 19.3. The SMILES string of the molecule is FC(F)c1nnc(-c2ccc(COc3cccc4ocnc34)nc2)o1. The lowest BCUT2D eigenvalue weighted by molar-refractivity contribution is 0.116. The molecule has 3 heterocycles. The van der Waals surface area contributed by atoms with E-state index in [1.165, 1.54) is 12.6 Å². The van der Waals surface area contributed by atoms with Gasteiger partial charge in [-0.3, -0.25) is 4.98 Å². The molecule has 126 valence electrons. The number of rotatable bonds is 5. The summed E-state index contributed by atoms with van der Waals surface area (Å²) in [6.45, 7) is 0.207. The van der Waals surface area contributed by atoms with E-state index in [1.807, 2.05) is 0 Å². The number of halogens is 2. The third-order valence-electron chi connectivity index (χ3n) is 3.40. The Kier molecular flexibility index (Phi) is 3.81. The van der Waals surface area contributed by atoms with Gasteiger partial charge in [0.15, 0.2) is 17.5 Å². The van der Waals surface area contributed by atoms with Crippen LogP contribution in [-0.2, 0) is 6.61 Å². The van der Waals surface area contributed by atoms with Crippen LogP contribution >= 0.6 is 0 Å². The van der Waals surface area contributed by atoms with Crippen molar-refractivity contribution < 1.29 is 22.4 Å². The molecule has 0 saturated heterocycles. The number of para-hydroxylation sites is 1. The Bertz CT molecular complexity index is 998. The van der Waals surface area contributed by atoms with Crippen LogP contribution in [0.2, 0.25) is 0 Å². The van der Waals surface area contributed by atoms with Crippen LogP contribution in [0.3, 0.4) is 0 Å². The summed E-state index contributed by atoms with van der Waals surface area (Å²) in [6.07, 6.45) is 0.00180. The Hall–Kier alpha value is -3.36. The standard InChI is InChI=1S/C16H10F2N4O3/c17-14(18)16-22-21-15(25-16)9-4-5-10(19-6-9)7-23-11-2-1-3-12-13(11)20-8-24-12/h1-6,8,14H,7H2. The number of oxazole rings is 1. The van der Waals surface area contributed by atoms with Crippen molar-refractivity contribution >= 4 is 11.1 Å². The van der Waals surface area contributed by atoms with Crippen LogP contribution in [0, 0.1) is 0 Å². The van der Waals surface area contributed by atoms with Crippen molar-refractivity contribution in [2.24, 2.45) is 0 Å². The normalized spacial score (nSPS) is 11.3. The van der Waals surface area contributed by atoms with E-state index in [4.69, 9.17) is 13.6 Å². The van der Waals surface area contributed by atoms with Crippen molar-refractivity contribution in [2.75, 3.05) is 0 Å². The molecule has 4 rings (SSSR count). The largest absolute Gasteiger partial charge is 0.485 e. The molecule has 25 heavy (non-hydrogen) atoms. The highest BCUT2D eigenvalue weighted by molar-refractivity contribution is 5.79. The molecule has 0 radical (unpaired) electrons. The van der Waals surface area contributed by atoms with E-state index in [2.05, 4.69) is 20.2 Å². The van der Waals surface area contributed by atoms with Gasteiger partial charge in [-0.15, -0.1) is 10.2 Å². The van der Waals surface area contributed by atoms with Gasteiger partial charge in [-0.2, -0.15) is 8.78 Å². The topological polar surface area (TPSA) is 87.1 Å². The third-order valence-corrected chi connectivity index (χ3v) is 3.40. The molecule has 0 atom stereocenters. The average molecular weight is 344 g/mol. The molecule has 0 saturated carbocycles. The summed E-state index contributed by atoms with van der Waals surface area (Å²) in [5, 5.41) is 6.85. The smallest absolute Gasteiger partial charge is 0.314 e. The maximum atomic E-state index is 12.5. The molecule has 3 aromatic heterocycles. The monoisotopic (exact) mass is 344 g/mol. The molecule has 0 amide bonds. The Labute approximate surface area is 139 Å². The zero-order valence-electron chi connectivity index (χ0n) is 12.6. The molecule has 0 spiro atoms. The maximum absolute atomic E-state index is 12.5. The fraction of sp³-hybridized carbons (Fsp3) is 0.125. The number of hydrogen-bond donors (Lipinski definition) is 0. The van der Waals surface area contributed by atoms with Crippen molar-refractivity contribution in [3.05, 3.63) is 54.5 Å². The minimum Gasteiger partial charge on any atom is -0.485 e. The summed E-state index contributed by atoms with van der Waals surface area (Å²) in [7, 11) is 0. The molecule has 0 unspecified atom stereocenters. The van der Waals surface area contributed by atoms with Crippen LogP contribution in [0.5, 0.6) is 5.75 Å². The second kappa shape index (κ2) is 6.27. The van der Waals surface area contributed by atoms with Crippen LogP contribution in [-0.4, -0.2) is 20.2 Å². The van der Waals surface area contributed by atoms with E-state index in [0.717, 1.165) is 0 Å². The van der Waals surface area contributed by atoms with E-state index in [0.29, 0.717) is 28.1 Å². The number of nitrogens with zero attached hydrogens (tertiary/aromatic N) is 4. The molecule has 0 aliphatic heterocycles. The van der Waals surface area contributed by atoms with Gasteiger partial charge in [-0.25, -0.2) is 4.98 Å². The summed E-state index contributed by atoms with van der Waals surface area (Å²) >= 11 is 0. The first-order valence-corrected chi connectivity index (χ1v) is 7.22. The summed E-state index contributed by atoms with van der Waals surface area (Å²) in [4.78, 5) is 8.31. The third kappa shape index (κ3) is 3.03.